The molecule has 0 aliphatic carbocycles. The Hall–Kier alpha value is -1.56. The molecule has 0 aliphatic rings. The van der Waals surface area contributed by atoms with Crippen LogP contribution in [0.5, 0.6) is 0 Å². The summed E-state index contributed by atoms with van der Waals surface area (Å²) in [6.07, 6.45) is 3.27. The Morgan fingerprint density at radius 1 is 1.69 bits per heavy atom. The number of carbonyl (C=O) groups is 1. The molecular formula is C10H13N3O2S. The second kappa shape index (κ2) is 6.84. The summed E-state index contributed by atoms with van der Waals surface area (Å²) in [5.41, 5.74) is -0.00348. The largest absolute Gasteiger partial charge is 0.477 e. The lowest BCUT2D eigenvalue weighted by atomic mass is 10.4. The van der Waals surface area contributed by atoms with Crippen LogP contribution in [-0.4, -0.2) is 39.1 Å². The Morgan fingerprint density at radius 2 is 2.50 bits per heavy atom. The van der Waals surface area contributed by atoms with Crippen LogP contribution in [-0.2, 0) is 0 Å². The predicted octanol–water partition coefficient (Wildman–Crippen LogP) is 1.51. The average Bonchev–Trinajstić information content (AvgIpc) is 2.29. The zero-order valence-corrected chi connectivity index (χ0v) is 9.54. The third-order valence-corrected chi connectivity index (χ3v) is 2.60. The molecule has 0 aliphatic heterocycles. The molecule has 6 heteroatoms. The summed E-state index contributed by atoms with van der Waals surface area (Å²) in [5, 5.41) is 11.7. The molecule has 0 saturated heterocycles. The van der Waals surface area contributed by atoms with Crippen LogP contribution < -0.4 is 5.32 Å². The van der Waals surface area contributed by atoms with Gasteiger partial charge in [-0.05, 0) is 6.07 Å². The SMILES string of the molecule is C=CCSCCNc1nccc(C(=O)O)n1. The lowest BCUT2D eigenvalue weighted by molar-refractivity contribution is 0.0690. The molecule has 86 valence electrons. The van der Waals surface area contributed by atoms with Crippen molar-refractivity contribution >= 4 is 23.7 Å². The smallest absolute Gasteiger partial charge is 0.354 e. The van der Waals surface area contributed by atoms with Crippen LogP contribution in [0.4, 0.5) is 5.95 Å². The monoisotopic (exact) mass is 239 g/mol. The normalized spacial score (nSPS) is 9.75. The molecule has 0 bridgehead atoms. The van der Waals surface area contributed by atoms with Gasteiger partial charge in [0.15, 0.2) is 5.69 Å². The van der Waals surface area contributed by atoms with Crippen molar-refractivity contribution in [2.75, 3.05) is 23.4 Å². The number of carboxylic acid groups (broad SMARTS) is 1. The Bertz CT molecular complexity index is 371. The highest BCUT2D eigenvalue weighted by molar-refractivity contribution is 7.99. The molecule has 0 fully saturated rings. The summed E-state index contributed by atoms with van der Waals surface area (Å²) in [6.45, 7) is 4.31. The van der Waals surface area contributed by atoms with Crippen LogP contribution in [0.25, 0.3) is 0 Å². The Kier molecular flexibility index (Phi) is 5.35. The van der Waals surface area contributed by atoms with E-state index < -0.39 is 5.97 Å². The van der Waals surface area contributed by atoms with Crippen molar-refractivity contribution in [1.29, 1.82) is 0 Å². The number of hydrogen-bond acceptors (Lipinski definition) is 5. The maximum atomic E-state index is 10.6. The summed E-state index contributed by atoms with van der Waals surface area (Å²) in [6, 6.07) is 1.36. The standard InChI is InChI=1S/C10H13N3O2S/c1-2-6-16-7-5-12-10-11-4-3-8(13-10)9(14)15/h2-4H,1,5-7H2,(H,14,15)(H,11,12,13). The number of anilines is 1. The molecule has 0 amide bonds. The Labute approximate surface area is 98.0 Å². The van der Waals surface area contributed by atoms with Crippen molar-refractivity contribution in [2.24, 2.45) is 0 Å². The topological polar surface area (TPSA) is 75.1 Å². The van der Waals surface area contributed by atoms with Crippen LogP contribution in [0.3, 0.4) is 0 Å². The highest BCUT2D eigenvalue weighted by atomic mass is 32.2. The molecule has 1 aromatic heterocycles. The van der Waals surface area contributed by atoms with Crippen LogP contribution in [0.15, 0.2) is 24.9 Å². The minimum absolute atomic E-state index is 0.00348. The van der Waals surface area contributed by atoms with E-state index in [2.05, 4.69) is 21.9 Å². The van der Waals surface area contributed by atoms with Gasteiger partial charge in [-0.2, -0.15) is 11.8 Å². The number of hydrogen-bond donors (Lipinski definition) is 2. The molecule has 0 radical (unpaired) electrons. The predicted molar refractivity (Wildman–Crippen MR) is 65.0 cm³/mol. The van der Waals surface area contributed by atoms with Crippen molar-refractivity contribution in [1.82, 2.24) is 9.97 Å². The quantitative estimate of drug-likeness (QED) is 0.555. The molecule has 0 saturated carbocycles. The Morgan fingerprint density at radius 3 is 3.19 bits per heavy atom. The fourth-order valence-electron chi connectivity index (χ4n) is 0.965. The van der Waals surface area contributed by atoms with E-state index >= 15 is 0 Å². The fourth-order valence-corrected chi connectivity index (χ4v) is 1.54. The first kappa shape index (κ1) is 12.5. The van der Waals surface area contributed by atoms with E-state index in [0.29, 0.717) is 12.5 Å². The molecule has 1 aromatic rings. The molecule has 0 aromatic carbocycles. The van der Waals surface area contributed by atoms with E-state index in [9.17, 15) is 4.79 Å². The molecule has 1 rings (SSSR count). The van der Waals surface area contributed by atoms with E-state index in [1.165, 1.54) is 12.3 Å². The van der Waals surface area contributed by atoms with Crippen LogP contribution >= 0.6 is 11.8 Å². The fraction of sp³-hybridized carbons (Fsp3) is 0.300. The molecule has 0 unspecified atom stereocenters. The average molecular weight is 239 g/mol. The summed E-state index contributed by atoms with van der Waals surface area (Å²) in [4.78, 5) is 18.4. The number of nitrogens with zero attached hydrogens (tertiary/aromatic N) is 2. The third-order valence-electron chi connectivity index (χ3n) is 1.64. The van der Waals surface area contributed by atoms with Gasteiger partial charge in [-0.25, -0.2) is 14.8 Å². The maximum Gasteiger partial charge on any atom is 0.354 e. The minimum Gasteiger partial charge on any atom is -0.477 e. The second-order valence-electron chi connectivity index (χ2n) is 2.86. The lowest BCUT2D eigenvalue weighted by Crippen LogP contribution is -2.10. The molecule has 0 spiro atoms. The van der Waals surface area contributed by atoms with Crippen LogP contribution in [0, 0.1) is 0 Å². The van der Waals surface area contributed by atoms with Gasteiger partial charge in [0.1, 0.15) is 0 Å². The van der Waals surface area contributed by atoms with Crippen LogP contribution in [0.1, 0.15) is 10.5 Å². The van der Waals surface area contributed by atoms with Crippen molar-refractivity contribution in [3.05, 3.63) is 30.6 Å². The van der Waals surface area contributed by atoms with Gasteiger partial charge in [0, 0.05) is 24.2 Å². The minimum atomic E-state index is -1.05. The summed E-state index contributed by atoms with van der Waals surface area (Å²) in [7, 11) is 0. The van der Waals surface area contributed by atoms with Crippen molar-refractivity contribution in [2.45, 2.75) is 0 Å². The number of thioether (sulfide) groups is 1. The molecule has 5 nitrogen and oxygen atoms in total. The number of carboxylic acids is 1. The van der Waals surface area contributed by atoms with Gasteiger partial charge in [-0.15, -0.1) is 6.58 Å². The van der Waals surface area contributed by atoms with Crippen LogP contribution in [0.2, 0.25) is 0 Å². The molecular weight excluding hydrogens is 226 g/mol. The zero-order valence-electron chi connectivity index (χ0n) is 8.72. The number of aromatic carboxylic acids is 1. The van der Waals surface area contributed by atoms with E-state index in [-0.39, 0.29) is 5.69 Å². The molecule has 0 atom stereocenters. The molecule has 1 heterocycles. The van der Waals surface area contributed by atoms with Gasteiger partial charge in [0.05, 0.1) is 0 Å². The number of nitrogens with one attached hydrogen (secondary N) is 1. The zero-order chi connectivity index (χ0) is 11.8. The lowest BCUT2D eigenvalue weighted by Gasteiger charge is -2.03. The second-order valence-corrected chi connectivity index (χ2v) is 4.01. The summed E-state index contributed by atoms with van der Waals surface area (Å²) < 4.78 is 0. The third kappa shape index (κ3) is 4.31. The van der Waals surface area contributed by atoms with E-state index in [1.54, 1.807) is 11.8 Å². The summed E-state index contributed by atoms with van der Waals surface area (Å²) in [5.74, 6) is 1.09. The Balaban J connectivity index is 2.39. The van der Waals surface area contributed by atoms with E-state index in [4.69, 9.17) is 5.11 Å². The highest BCUT2D eigenvalue weighted by Gasteiger charge is 2.05. The molecule has 16 heavy (non-hydrogen) atoms. The first-order valence-corrected chi connectivity index (χ1v) is 5.88. The van der Waals surface area contributed by atoms with Crippen molar-refractivity contribution < 1.29 is 9.90 Å². The van der Waals surface area contributed by atoms with Crippen molar-refractivity contribution in [3.8, 4) is 0 Å². The maximum absolute atomic E-state index is 10.6. The van der Waals surface area contributed by atoms with Gasteiger partial charge in [-0.3, -0.25) is 0 Å². The van der Waals surface area contributed by atoms with Gasteiger partial charge in [-0.1, -0.05) is 6.08 Å². The van der Waals surface area contributed by atoms with E-state index in [1.807, 2.05) is 6.08 Å². The molecule has 2 N–H and O–H groups in total. The van der Waals surface area contributed by atoms with Gasteiger partial charge in [0.2, 0.25) is 5.95 Å². The number of rotatable bonds is 7. The highest BCUT2D eigenvalue weighted by Crippen LogP contribution is 2.02. The van der Waals surface area contributed by atoms with Crippen molar-refractivity contribution in [3.63, 3.8) is 0 Å². The van der Waals surface area contributed by atoms with Gasteiger partial charge in [0.25, 0.3) is 0 Å². The van der Waals surface area contributed by atoms with Gasteiger partial charge >= 0.3 is 5.97 Å². The first-order chi connectivity index (χ1) is 7.74. The summed E-state index contributed by atoms with van der Waals surface area (Å²) >= 11 is 1.73. The van der Waals surface area contributed by atoms with E-state index in [0.717, 1.165) is 11.5 Å². The van der Waals surface area contributed by atoms with Gasteiger partial charge < -0.3 is 10.4 Å². The number of aromatic nitrogens is 2. The first-order valence-electron chi connectivity index (χ1n) is 4.73.